The van der Waals surface area contributed by atoms with Gasteiger partial charge < -0.3 is 6.53 Å². The van der Waals surface area contributed by atoms with Gasteiger partial charge >= 0.3 is 93.1 Å². The third-order valence-electron chi connectivity index (χ3n) is 2.20. The fourth-order valence-electron chi connectivity index (χ4n) is 0.904. The molecule has 0 saturated carbocycles. The summed E-state index contributed by atoms with van der Waals surface area (Å²) in [6.07, 6.45) is -7.52. The number of carboxylic acid groups (broad SMARTS) is 1. The average Bonchev–Trinajstić information content (AvgIpc) is 2.25. The molecule has 0 atom stereocenters. The number of carboxylic acids is 1. The van der Waals surface area contributed by atoms with Crippen molar-refractivity contribution in [3.63, 3.8) is 0 Å². The second kappa shape index (κ2) is 6.49. The number of alkyl halides is 13. The van der Waals surface area contributed by atoms with E-state index >= 15 is 0 Å². The molecule has 0 rings (SSSR count). The maximum absolute atomic E-state index is 12.6. The van der Waals surface area contributed by atoms with Crippen molar-refractivity contribution in [2.24, 2.45) is 0 Å². The zero-order valence-electron chi connectivity index (χ0n) is 11.3. The predicted molar refractivity (Wildman–Crippen MR) is 39.5 cm³/mol. The van der Waals surface area contributed by atoms with Crippen LogP contribution in [0.4, 0.5) is 57.1 Å². The van der Waals surface area contributed by atoms with Gasteiger partial charge in [-0.1, -0.05) is 0 Å². The Hall–Kier alpha value is 0.196. The van der Waals surface area contributed by atoms with Gasteiger partial charge in [-0.2, -0.15) is 57.1 Å². The van der Waals surface area contributed by atoms with E-state index in [2.05, 4.69) is 0 Å². The monoisotopic (exact) mass is 404 g/mol. The fourth-order valence-corrected chi connectivity index (χ4v) is 0.904. The van der Waals surface area contributed by atoms with Gasteiger partial charge in [0.05, 0.1) is 0 Å². The maximum Gasteiger partial charge on any atom is 1.00 e. The minimum absolute atomic E-state index is 0. The third-order valence-corrected chi connectivity index (χ3v) is 2.20. The number of hydrogen-bond acceptors (Lipinski definition) is 1. The topological polar surface area (TPSA) is 37.3 Å². The first-order valence-corrected chi connectivity index (χ1v) is 4.38. The fraction of sp³-hybridized carbons (Fsp3) is 0.857. The second-order valence-corrected chi connectivity index (χ2v) is 3.67. The van der Waals surface area contributed by atoms with Crippen LogP contribution in [0.2, 0.25) is 0 Å². The van der Waals surface area contributed by atoms with Crippen LogP contribution in [0.25, 0.3) is 0 Å². The summed E-state index contributed by atoms with van der Waals surface area (Å²) >= 11 is 0. The summed E-state index contributed by atoms with van der Waals surface area (Å²) < 4.78 is 159. The molecule has 0 bridgehead atoms. The summed E-state index contributed by atoms with van der Waals surface area (Å²) in [5.74, 6) is -43.0. The van der Waals surface area contributed by atoms with Crippen molar-refractivity contribution in [2.45, 2.75) is 35.8 Å². The molecule has 0 aromatic rings. The van der Waals surface area contributed by atoms with E-state index in [-0.39, 0.29) is 52.8 Å². The Kier molecular flexibility index (Phi) is 7.18. The van der Waals surface area contributed by atoms with Gasteiger partial charge in [-0.15, -0.1) is 0 Å². The van der Waals surface area contributed by atoms with Gasteiger partial charge in [-0.25, -0.2) is 4.79 Å². The molecule has 0 radical (unpaired) electrons. The van der Waals surface area contributed by atoms with Crippen molar-refractivity contribution in [3.05, 3.63) is 0 Å². The van der Waals surface area contributed by atoms with E-state index in [0.29, 0.717) is 0 Å². The molecule has 0 heterocycles. The molecule has 0 aromatic carbocycles. The molecular formula is C7H2F13KO2. The molecule has 0 aromatic heterocycles. The Bertz CT molecular complexity index is 460. The van der Waals surface area contributed by atoms with Crippen molar-refractivity contribution in [2.75, 3.05) is 0 Å². The largest absolute Gasteiger partial charge is 1.00 e. The molecule has 0 spiro atoms. The number of aliphatic carboxylic acids is 1. The number of halogens is 13. The van der Waals surface area contributed by atoms with Crippen LogP contribution in [0.1, 0.15) is 1.43 Å². The van der Waals surface area contributed by atoms with Crippen molar-refractivity contribution in [1.82, 2.24) is 0 Å². The molecule has 1 N–H and O–H groups in total. The molecule has 0 aliphatic rings. The van der Waals surface area contributed by atoms with Crippen LogP contribution in [-0.4, -0.2) is 46.9 Å². The molecule has 23 heavy (non-hydrogen) atoms. The van der Waals surface area contributed by atoms with Gasteiger partial charge in [0, 0.05) is 0 Å². The van der Waals surface area contributed by atoms with E-state index in [1.165, 1.54) is 0 Å². The first-order chi connectivity index (χ1) is 9.19. The standard InChI is InChI=1S/C7HF13O2.K.H/c8-2(9,1(21)22)3(10,11)4(12,13)5(14,15)6(16,17)7(18,19)20;;/h(H,21,22);;/q;+1;-1. The molecule has 0 fully saturated rings. The van der Waals surface area contributed by atoms with E-state index < -0.39 is 41.8 Å². The van der Waals surface area contributed by atoms with Gasteiger partial charge in [0.2, 0.25) is 0 Å². The number of rotatable bonds is 5. The minimum atomic E-state index is -8.08. The van der Waals surface area contributed by atoms with E-state index in [1.807, 2.05) is 0 Å². The van der Waals surface area contributed by atoms with Gasteiger partial charge in [-0.3, -0.25) is 0 Å². The number of hydrogen-bond donors (Lipinski definition) is 1. The van der Waals surface area contributed by atoms with Crippen molar-refractivity contribution in [3.8, 4) is 0 Å². The van der Waals surface area contributed by atoms with Crippen LogP contribution in [-0.2, 0) is 4.79 Å². The zero-order chi connectivity index (χ0) is 18.6. The third kappa shape index (κ3) is 3.45. The summed E-state index contributed by atoms with van der Waals surface area (Å²) in [6, 6.07) is 0. The second-order valence-electron chi connectivity index (χ2n) is 3.67. The van der Waals surface area contributed by atoms with E-state index in [0.717, 1.165) is 0 Å². The van der Waals surface area contributed by atoms with Crippen LogP contribution >= 0.6 is 0 Å². The molecule has 0 saturated heterocycles. The van der Waals surface area contributed by atoms with E-state index in [4.69, 9.17) is 5.11 Å². The van der Waals surface area contributed by atoms with Gasteiger partial charge in [-0.05, 0) is 0 Å². The Labute approximate surface area is 160 Å². The summed E-state index contributed by atoms with van der Waals surface area (Å²) in [6.45, 7) is 0. The molecular weight excluding hydrogens is 402 g/mol. The first kappa shape index (κ1) is 25.4. The average molecular weight is 404 g/mol. The predicted octanol–water partition coefficient (Wildman–Crippen LogP) is 0.926. The Morgan fingerprint density at radius 1 is 0.609 bits per heavy atom. The maximum atomic E-state index is 12.6. The van der Waals surface area contributed by atoms with E-state index in [1.54, 1.807) is 0 Å². The Morgan fingerprint density at radius 2 is 0.870 bits per heavy atom. The van der Waals surface area contributed by atoms with Crippen molar-refractivity contribution < 1.29 is 120 Å². The molecule has 0 amide bonds. The summed E-state index contributed by atoms with van der Waals surface area (Å²) in [5, 5.41) is 7.55. The van der Waals surface area contributed by atoms with Crippen LogP contribution in [0, 0.1) is 0 Å². The van der Waals surface area contributed by atoms with Crippen LogP contribution < -0.4 is 51.4 Å². The SMILES string of the molecule is O=C(O)C(F)(F)C(F)(F)C(F)(F)C(F)(F)C(F)(F)C(F)(F)F.[H-].[K+]. The minimum Gasteiger partial charge on any atom is -1.00 e. The quantitative estimate of drug-likeness (QED) is 0.547. The van der Waals surface area contributed by atoms with Crippen molar-refractivity contribution >= 4 is 5.97 Å². The van der Waals surface area contributed by atoms with Gasteiger partial charge in [0.15, 0.2) is 0 Å². The molecule has 0 unspecified atom stereocenters. The molecule has 0 aliphatic heterocycles. The van der Waals surface area contributed by atoms with Crippen LogP contribution in [0.3, 0.4) is 0 Å². The van der Waals surface area contributed by atoms with E-state index in [9.17, 15) is 61.9 Å². The normalized spacial score (nSPS) is 15.2. The number of carbonyl (C=O) groups is 1. The zero-order valence-corrected chi connectivity index (χ0v) is 13.4. The van der Waals surface area contributed by atoms with Crippen LogP contribution in [0.15, 0.2) is 0 Å². The molecule has 0 aliphatic carbocycles. The summed E-state index contributed by atoms with van der Waals surface area (Å²) in [7, 11) is 0. The van der Waals surface area contributed by atoms with Gasteiger partial charge in [0.25, 0.3) is 0 Å². The summed E-state index contributed by atoms with van der Waals surface area (Å²) in [5.41, 5.74) is 0. The van der Waals surface area contributed by atoms with Crippen LogP contribution in [0.5, 0.6) is 0 Å². The molecule has 16 heteroatoms. The van der Waals surface area contributed by atoms with Gasteiger partial charge in [0.1, 0.15) is 0 Å². The molecule has 134 valence electrons. The Morgan fingerprint density at radius 3 is 1.09 bits per heavy atom. The smallest absolute Gasteiger partial charge is 1.00 e. The van der Waals surface area contributed by atoms with Crippen molar-refractivity contribution in [1.29, 1.82) is 0 Å². The molecule has 2 nitrogen and oxygen atoms in total. The Balaban J connectivity index is -0.00000220. The first-order valence-electron chi connectivity index (χ1n) is 4.38. The summed E-state index contributed by atoms with van der Waals surface area (Å²) in [4.78, 5) is 9.67.